The minimum absolute atomic E-state index is 0.631. The number of hydrogen-bond acceptors (Lipinski definition) is 2. The summed E-state index contributed by atoms with van der Waals surface area (Å²) in [5, 5.41) is 0.930. The SMILES string of the molecule is CCCCCCCCN1COCN(C)C1=S. The summed E-state index contributed by atoms with van der Waals surface area (Å²) >= 11 is 5.34. The number of ether oxygens (including phenoxy) is 1. The van der Waals surface area contributed by atoms with Crippen molar-refractivity contribution in [3.63, 3.8) is 0 Å². The van der Waals surface area contributed by atoms with Crippen LogP contribution >= 0.6 is 12.2 Å². The Balaban J connectivity index is 2.05. The van der Waals surface area contributed by atoms with Crippen LogP contribution in [-0.4, -0.2) is 42.0 Å². The van der Waals surface area contributed by atoms with Crippen LogP contribution in [0.5, 0.6) is 0 Å². The highest BCUT2D eigenvalue weighted by molar-refractivity contribution is 7.80. The fourth-order valence-electron chi connectivity index (χ4n) is 1.88. The van der Waals surface area contributed by atoms with Crippen molar-refractivity contribution >= 4 is 17.3 Å². The van der Waals surface area contributed by atoms with Gasteiger partial charge in [-0.1, -0.05) is 39.0 Å². The molecule has 0 radical (unpaired) electrons. The Hall–Kier alpha value is -0.350. The summed E-state index contributed by atoms with van der Waals surface area (Å²) in [6.45, 7) is 4.58. The van der Waals surface area contributed by atoms with Crippen LogP contribution in [0.15, 0.2) is 0 Å². The number of rotatable bonds is 7. The van der Waals surface area contributed by atoms with Crippen molar-refractivity contribution in [1.82, 2.24) is 9.80 Å². The molecule has 1 heterocycles. The van der Waals surface area contributed by atoms with Crippen LogP contribution in [0.2, 0.25) is 0 Å². The summed E-state index contributed by atoms with van der Waals surface area (Å²) in [6, 6.07) is 0. The molecule has 4 heteroatoms. The third-order valence-electron chi connectivity index (χ3n) is 2.91. The van der Waals surface area contributed by atoms with E-state index in [2.05, 4.69) is 11.8 Å². The minimum Gasteiger partial charge on any atom is -0.341 e. The largest absolute Gasteiger partial charge is 0.341 e. The molecule has 1 saturated heterocycles. The predicted molar refractivity (Wildman–Crippen MR) is 71.3 cm³/mol. The van der Waals surface area contributed by atoms with E-state index in [4.69, 9.17) is 17.0 Å². The van der Waals surface area contributed by atoms with E-state index in [0.717, 1.165) is 11.7 Å². The van der Waals surface area contributed by atoms with Crippen molar-refractivity contribution in [2.45, 2.75) is 45.4 Å². The van der Waals surface area contributed by atoms with Crippen LogP contribution in [-0.2, 0) is 4.74 Å². The Bertz CT molecular complexity index is 211. The molecule has 0 amide bonds. The lowest BCUT2D eigenvalue weighted by molar-refractivity contribution is -0.0151. The highest BCUT2D eigenvalue weighted by Crippen LogP contribution is 2.09. The van der Waals surface area contributed by atoms with Gasteiger partial charge < -0.3 is 14.5 Å². The van der Waals surface area contributed by atoms with E-state index in [1.54, 1.807) is 0 Å². The first-order valence-electron chi connectivity index (χ1n) is 6.33. The molecule has 1 fully saturated rings. The second-order valence-corrected chi connectivity index (χ2v) is 4.84. The number of unbranched alkanes of at least 4 members (excludes halogenated alkanes) is 5. The van der Waals surface area contributed by atoms with Crippen LogP contribution in [0.4, 0.5) is 0 Å². The Morgan fingerprint density at radius 1 is 1.12 bits per heavy atom. The smallest absolute Gasteiger partial charge is 0.174 e. The molecular formula is C12H24N2OS. The van der Waals surface area contributed by atoms with Gasteiger partial charge in [0.15, 0.2) is 5.11 Å². The van der Waals surface area contributed by atoms with Crippen LogP contribution < -0.4 is 0 Å². The molecule has 0 N–H and O–H groups in total. The molecule has 16 heavy (non-hydrogen) atoms. The molecule has 0 saturated carbocycles. The normalized spacial score (nSPS) is 17.0. The van der Waals surface area contributed by atoms with Crippen molar-refractivity contribution in [2.75, 3.05) is 27.1 Å². The molecule has 0 bridgehead atoms. The summed E-state index contributed by atoms with van der Waals surface area (Å²) in [4.78, 5) is 4.13. The second-order valence-electron chi connectivity index (χ2n) is 4.47. The molecule has 1 rings (SSSR count). The highest BCUT2D eigenvalue weighted by atomic mass is 32.1. The average Bonchev–Trinajstić information content (AvgIpc) is 2.29. The van der Waals surface area contributed by atoms with Crippen molar-refractivity contribution in [3.05, 3.63) is 0 Å². The van der Waals surface area contributed by atoms with Crippen molar-refractivity contribution in [3.8, 4) is 0 Å². The van der Waals surface area contributed by atoms with Crippen molar-refractivity contribution < 1.29 is 4.74 Å². The Kier molecular flexibility index (Phi) is 6.73. The molecule has 1 aliphatic rings. The van der Waals surface area contributed by atoms with Gasteiger partial charge in [0.2, 0.25) is 0 Å². The maximum absolute atomic E-state index is 5.42. The molecule has 3 nitrogen and oxygen atoms in total. The van der Waals surface area contributed by atoms with E-state index in [9.17, 15) is 0 Å². The zero-order valence-electron chi connectivity index (χ0n) is 10.6. The Morgan fingerprint density at radius 2 is 1.81 bits per heavy atom. The molecule has 0 aliphatic carbocycles. The van der Waals surface area contributed by atoms with Gasteiger partial charge in [0, 0.05) is 13.6 Å². The van der Waals surface area contributed by atoms with Gasteiger partial charge in [-0.3, -0.25) is 0 Å². The molecule has 1 aliphatic heterocycles. The summed E-state index contributed by atoms with van der Waals surface area (Å²) in [5.41, 5.74) is 0. The summed E-state index contributed by atoms with van der Waals surface area (Å²) in [6.07, 6.45) is 7.94. The molecule has 0 aromatic heterocycles. The monoisotopic (exact) mass is 244 g/mol. The fraction of sp³-hybridized carbons (Fsp3) is 0.917. The molecular weight excluding hydrogens is 220 g/mol. The third kappa shape index (κ3) is 4.66. The molecule has 94 valence electrons. The standard InChI is InChI=1S/C12H24N2OS/c1-3-4-5-6-7-8-9-14-11-15-10-13(2)12(14)16/h3-11H2,1-2H3. The Labute approximate surface area is 105 Å². The maximum atomic E-state index is 5.42. The number of hydrogen-bond donors (Lipinski definition) is 0. The summed E-state index contributed by atoms with van der Waals surface area (Å²) < 4.78 is 5.42. The zero-order chi connectivity index (χ0) is 11.8. The van der Waals surface area contributed by atoms with Crippen LogP contribution in [0, 0.1) is 0 Å². The first-order chi connectivity index (χ1) is 7.75. The zero-order valence-corrected chi connectivity index (χ0v) is 11.4. The number of thiocarbonyl (C=S) groups is 1. The van der Waals surface area contributed by atoms with Crippen LogP contribution in [0.3, 0.4) is 0 Å². The molecule has 0 atom stereocenters. The lowest BCUT2D eigenvalue weighted by Crippen LogP contribution is -2.48. The second kappa shape index (κ2) is 7.85. The maximum Gasteiger partial charge on any atom is 0.174 e. The average molecular weight is 244 g/mol. The highest BCUT2D eigenvalue weighted by Gasteiger charge is 2.18. The minimum atomic E-state index is 0.631. The van der Waals surface area contributed by atoms with E-state index in [-0.39, 0.29) is 0 Å². The van der Waals surface area contributed by atoms with Gasteiger partial charge in [0.05, 0.1) is 0 Å². The van der Waals surface area contributed by atoms with E-state index in [1.165, 1.54) is 38.5 Å². The lowest BCUT2D eigenvalue weighted by atomic mass is 10.1. The van der Waals surface area contributed by atoms with Gasteiger partial charge in [-0.15, -0.1) is 0 Å². The quantitative estimate of drug-likeness (QED) is 0.505. The van der Waals surface area contributed by atoms with Crippen molar-refractivity contribution in [2.24, 2.45) is 0 Å². The lowest BCUT2D eigenvalue weighted by Gasteiger charge is -2.35. The van der Waals surface area contributed by atoms with Crippen LogP contribution in [0.25, 0.3) is 0 Å². The molecule has 0 spiro atoms. The number of nitrogens with zero attached hydrogens (tertiary/aromatic N) is 2. The van der Waals surface area contributed by atoms with Crippen molar-refractivity contribution in [1.29, 1.82) is 0 Å². The van der Waals surface area contributed by atoms with Gasteiger partial charge in [-0.05, 0) is 18.6 Å². The fourth-order valence-corrected chi connectivity index (χ4v) is 2.08. The summed E-state index contributed by atoms with van der Waals surface area (Å²) in [5.74, 6) is 0. The van der Waals surface area contributed by atoms with E-state index >= 15 is 0 Å². The first kappa shape index (κ1) is 13.7. The third-order valence-corrected chi connectivity index (χ3v) is 3.48. The molecule has 0 aromatic carbocycles. The molecule has 0 unspecified atom stereocenters. The predicted octanol–water partition coefficient (Wildman–Crippen LogP) is 2.81. The van der Waals surface area contributed by atoms with Gasteiger partial charge in [-0.2, -0.15) is 0 Å². The molecule has 0 aromatic rings. The first-order valence-corrected chi connectivity index (χ1v) is 6.74. The van der Waals surface area contributed by atoms with E-state index < -0.39 is 0 Å². The van der Waals surface area contributed by atoms with E-state index in [0.29, 0.717) is 13.5 Å². The Morgan fingerprint density at radius 3 is 2.56 bits per heavy atom. The van der Waals surface area contributed by atoms with Crippen LogP contribution in [0.1, 0.15) is 45.4 Å². The van der Waals surface area contributed by atoms with Gasteiger partial charge in [0.1, 0.15) is 13.5 Å². The van der Waals surface area contributed by atoms with Gasteiger partial charge in [0.25, 0.3) is 0 Å². The van der Waals surface area contributed by atoms with E-state index in [1.807, 2.05) is 11.9 Å². The van der Waals surface area contributed by atoms with Gasteiger partial charge >= 0.3 is 0 Å². The summed E-state index contributed by atoms with van der Waals surface area (Å²) in [7, 11) is 1.98. The van der Waals surface area contributed by atoms with Gasteiger partial charge in [-0.25, -0.2) is 0 Å². The topological polar surface area (TPSA) is 15.7 Å².